The van der Waals surface area contributed by atoms with E-state index >= 15 is 0 Å². The number of rotatable bonds is 4. The Morgan fingerprint density at radius 3 is 2.50 bits per heavy atom. The molecule has 0 spiro atoms. The van der Waals surface area contributed by atoms with Gasteiger partial charge in [0.1, 0.15) is 0 Å². The van der Waals surface area contributed by atoms with Crippen molar-refractivity contribution in [3.05, 3.63) is 49.4 Å². The molecule has 0 atom stereocenters. The molecule has 0 aliphatic rings. The molecule has 0 aliphatic heterocycles. The van der Waals surface area contributed by atoms with Crippen molar-refractivity contribution in [2.45, 2.75) is 0 Å². The highest BCUT2D eigenvalue weighted by Gasteiger charge is 1.94. The van der Waals surface area contributed by atoms with E-state index < -0.39 is 5.91 Å². The summed E-state index contributed by atoms with van der Waals surface area (Å²) in [6, 6.07) is 0. The fourth-order valence-electron chi connectivity index (χ4n) is 0.539. The SMILES string of the molecule is C=C/C=C(\C=C)NC(=O)/C=C/O. The molecule has 0 fully saturated rings. The maximum atomic E-state index is 10.8. The van der Waals surface area contributed by atoms with Gasteiger partial charge in [0.2, 0.25) is 0 Å². The van der Waals surface area contributed by atoms with Gasteiger partial charge in [-0.1, -0.05) is 19.2 Å². The summed E-state index contributed by atoms with van der Waals surface area (Å²) in [6.45, 7) is 6.93. The molecule has 0 rings (SSSR count). The zero-order valence-electron chi connectivity index (χ0n) is 6.66. The minimum absolute atomic E-state index is 0.412. The molecule has 0 heterocycles. The van der Waals surface area contributed by atoms with Crippen molar-refractivity contribution in [3.63, 3.8) is 0 Å². The molecule has 0 aromatic heterocycles. The van der Waals surface area contributed by atoms with Crippen molar-refractivity contribution in [2.24, 2.45) is 0 Å². The number of nitrogens with one attached hydrogen (secondary N) is 1. The lowest BCUT2D eigenvalue weighted by Gasteiger charge is -1.99. The third-order valence-electron chi connectivity index (χ3n) is 1.01. The van der Waals surface area contributed by atoms with Crippen molar-refractivity contribution in [2.75, 3.05) is 0 Å². The van der Waals surface area contributed by atoms with Gasteiger partial charge in [-0.25, -0.2) is 0 Å². The van der Waals surface area contributed by atoms with Gasteiger partial charge in [0.15, 0.2) is 0 Å². The fraction of sp³-hybridized carbons (Fsp3) is 0. The Kier molecular flexibility index (Phi) is 5.09. The van der Waals surface area contributed by atoms with Crippen LogP contribution >= 0.6 is 0 Å². The molecule has 0 saturated heterocycles. The predicted octanol–water partition coefficient (Wildman–Crippen LogP) is 1.43. The molecule has 0 saturated carbocycles. The van der Waals surface area contributed by atoms with E-state index in [-0.39, 0.29) is 0 Å². The van der Waals surface area contributed by atoms with Crippen LogP contribution in [0.2, 0.25) is 0 Å². The Morgan fingerprint density at radius 1 is 1.42 bits per heavy atom. The molecule has 3 nitrogen and oxygen atoms in total. The molecule has 12 heavy (non-hydrogen) atoms. The second kappa shape index (κ2) is 5.97. The van der Waals surface area contributed by atoms with Crippen LogP contribution in [0, 0.1) is 0 Å². The van der Waals surface area contributed by atoms with E-state index in [9.17, 15) is 4.79 Å². The summed E-state index contributed by atoms with van der Waals surface area (Å²) in [5, 5.41) is 10.7. The summed E-state index contributed by atoms with van der Waals surface area (Å²) >= 11 is 0. The van der Waals surface area contributed by atoms with Gasteiger partial charge in [-0.05, 0) is 12.2 Å². The van der Waals surface area contributed by atoms with Crippen molar-refractivity contribution < 1.29 is 9.90 Å². The van der Waals surface area contributed by atoms with E-state index in [0.717, 1.165) is 6.08 Å². The van der Waals surface area contributed by atoms with Crippen molar-refractivity contribution in [3.8, 4) is 0 Å². The van der Waals surface area contributed by atoms with Crippen LogP contribution in [0.1, 0.15) is 0 Å². The van der Waals surface area contributed by atoms with E-state index in [2.05, 4.69) is 18.5 Å². The van der Waals surface area contributed by atoms with Gasteiger partial charge >= 0.3 is 0 Å². The first-order valence-corrected chi connectivity index (χ1v) is 3.31. The maximum absolute atomic E-state index is 10.8. The molecule has 0 bridgehead atoms. The van der Waals surface area contributed by atoms with Crippen LogP contribution < -0.4 is 5.32 Å². The Labute approximate surface area is 71.4 Å². The molecule has 64 valence electrons. The first kappa shape index (κ1) is 10.2. The molecule has 0 unspecified atom stereocenters. The van der Waals surface area contributed by atoms with Crippen molar-refractivity contribution in [1.82, 2.24) is 5.32 Å². The standard InChI is InChI=1S/C9H11NO2/c1-3-5-8(4-2)10-9(12)6-7-11/h3-7,11H,1-2H2,(H,10,12)/b7-6+,8-5+. The van der Waals surface area contributed by atoms with E-state index in [1.165, 1.54) is 12.2 Å². The van der Waals surface area contributed by atoms with Gasteiger partial charge in [-0.3, -0.25) is 4.79 Å². The lowest BCUT2D eigenvalue weighted by Crippen LogP contribution is -2.18. The molecular formula is C9H11NO2. The van der Waals surface area contributed by atoms with Crippen LogP contribution in [-0.4, -0.2) is 11.0 Å². The lowest BCUT2D eigenvalue weighted by molar-refractivity contribution is -0.115. The van der Waals surface area contributed by atoms with Crippen LogP contribution in [0.15, 0.2) is 49.4 Å². The first-order chi connectivity index (χ1) is 5.74. The molecule has 0 aliphatic carbocycles. The second-order valence-corrected chi connectivity index (χ2v) is 1.87. The topological polar surface area (TPSA) is 49.3 Å². The van der Waals surface area contributed by atoms with E-state index in [1.54, 1.807) is 6.08 Å². The average Bonchev–Trinajstić information content (AvgIpc) is 2.04. The molecular weight excluding hydrogens is 154 g/mol. The Balaban J connectivity index is 4.21. The first-order valence-electron chi connectivity index (χ1n) is 3.31. The van der Waals surface area contributed by atoms with Gasteiger partial charge in [0.05, 0.1) is 6.26 Å². The van der Waals surface area contributed by atoms with Crippen molar-refractivity contribution >= 4 is 5.91 Å². The normalized spacial score (nSPS) is 11.2. The predicted molar refractivity (Wildman–Crippen MR) is 48.4 cm³/mol. The highest BCUT2D eigenvalue weighted by Crippen LogP contribution is 1.90. The maximum Gasteiger partial charge on any atom is 0.251 e. The summed E-state index contributed by atoms with van der Waals surface area (Å²) in [5.74, 6) is -0.412. The van der Waals surface area contributed by atoms with Gasteiger partial charge < -0.3 is 10.4 Å². The van der Waals surface area contributed by atoms with E-state index in [1.807, 2.05) is 0 Å². The van der Waals surface area contributed by atoms with Gasteiger partial charge in [0, 0.05) is 11.8 Å². The quantitative estimate of drug-likeness (QED) is 0.376. The number of aliphatic hydroxyl groups is 1. The van der Waals surface area contributed by atoms with Crippen molar-refractivity contribution in [1.29, 1.82) is 0 Å². The molecule has 0 radical (unpaired) electrons. The zero-order valence-corrected chi connectivity index (χ0v) is 6.66. The van der Waals surface area contributed by atoms with Crippen LogP contribution in [0.25, 0.3) is 0 Å². The van der Waals surface area contributed by atoms with E-state index in [4.69, 9.17) is 5.11 Å². The minimum atomic E-state index is -0.412. The zero-order chi connectivity index (χ0) is 9.40. The summed E-state index contributed by atoms with van der Waals surface area (Å²) in [6.07, 6.45) is 6.27. The third kappa shape index (κ3) is 4.11. The molecule has 0 aromatic carbocycles. The molecule has 2 N–H and O–H groups in total. The average molecular weight is 165 g/mol. The fourth-order valence-corrected chi connectivity index (χ4v) is 0.539. The Hall–Kier alpha value is -1.77. The van der Waals surface area contributed by atoms with Crippen LogP contribution in [-0.2, 0) is 4.79 Å². The summed E-state index contributed by atoms with van der Waals surface area (Å²) < 4.78 is 0. The van der Waals surface area contributed by atoms with Gasteiger partial charge in [0.25, 0.3) is 5.91 Å². The van der Waals surface area contributed by atoms with Crippen LogP contribution in [0.5, 0.6) is 0 Å². The monoisotopic (exact) mass is 165 g/mol. The number of allylic oxidation sites excluding steroid dienone is 3. The third-order valence-corrected chi connectivity index (χ3v) is 1.01. The number of aliphatic hydroxyl groups excluding tert-OH is 1. The van der Waals surface area contributed by atoms with Crippen LogP contribution in [0.4, 0.5) is 0 Å². The summed E-state index contributed by atoms with van der Waals surface area (Å²) in [4.78, 5) is 10.8. The lowest BCUT2D eigenvalue weighted by atomic mass is 10.3. The number of hydrogen-bond donors (Lipinski definition) is 2. The molecule has 1 amide bonds. The Morgan fingerprint density at radius 2 is 2.08 bits per heavy atom. The Bertz CT molecular complexity index is 239. The smallest absolute Gasteiger partial charge is 0.251 e. The van der Waals surface area contributed by atoms with Gasteiger partial charge in [-0.2, -0.15) is 0 Å². The number of carbonyl (C=O) groups is 1. The largest absolute Gasteiger partial charge is 0.515 e. The summed E-state index contributed by atoms with van der Waals surface area (Å²) in [5.41, 5.74) is 0.535. The van der Waals surface area contributed by atoms with Crippen LogP contribution in [0.3, 0.4) is 0 Å². The number of amides is 1. The molecule has 0 aromatic rings. The van der Waals surface area contributed by atoms with Gasteiger partial charge in [-0.15, -0.1) is 0 Å². The van der Waals surface area contributed by atoms with E-state index in [0.29, 0.717) is 12.0 Å². The number of hydrogen-bond acceptors (Lipinski definition) is 2. The second-order valence-electron chi connectivity index (χ2n) is 1.87. The summed E-state index contributed by atoms with van der Waals surface area (Å²) in [7, 11) is 0. The molecule has 3 heteroatoms. The minimum Gasteiger partial charge on any atom is -0.515 e. The highest BCUT2D eigenvalue weighted by atomic mass is 16.2. The highest BCUT2D eigenvalue weighted by molar-refractivity contribution is 5.88. The number of carbonyl (C=O) groups excluding carboxylic acids is 1.